The average Bonchev–Trinajstić information content (AvgIpc) is 3.00. The lowest BCUT2D eigenvalue weighted by Crippen LogP contribution is -2.40. The van der Waals surface area contributed by atoms with Gasteiger partial charge in [-0.1, -0.05) is 20.3 Å². The van der Waals surface area contributed by atoms with E-state index in [9.17, 15) is 0 Å². The molecular formula is C15H31N3. The molecule has 2 fully saturated rings. The number of nitrogens with zero attached hydrogens (tertiary/aromatic N) is 1. The highest BCUT2D eigenvalue weighted by atomic mass is 15.2. The third kappa shape index (κ3) is 3.46. The Labute approximate surface area is 112 Å². The molecule has 0 amide bonds. The van der Waals surface area contributed by atoms with Gasteiger partial charge in [0, 0.05) is 6.04 Å². The lowest BCUT2D eigenvalue weighted by Gasteiger charge is -2.28. The monoisotopic (exact) mass is 253 g/mol. The van der Waals surface area contributed by atoms with Gasteiger partial charge in [0.25, 0.3) is 0 Å². The van der Waals surface area contributed by atoms with Crippen LogP contribution in [-0.4, -0.2) is 30.6 Å². The lowest BCUT2D eigenvalue weighted by molar-refractivity contribution is 0.240. The average molecular weight is 253 g/mol. The molecule has 3 N–H and O–H groups in total. The molecule has 0 aliphatic heterocycles. The quantitative estimate of drug-likeness (QED) is 0.515. The third-order valence-corrected chi connectivity index (χ3v) is 5.40. The topological polar surface area (TPSA) is 41.3 Å². The number of nitrogens with two attached hydrogens (primary N) is 1. The largest absolute Gasteiger partial charge is 0.304 e. The van der Waals surface area contributed by atoms with Crippen molar-refractivity contribution in [1.29, 1.82) is 0 Å². The van der Waals surface area contributed by atoms with Crippen LogP contribution in [0.4, 0.5) is 0 Å². The maximum atomic E-state index is 5.75. The number of fused-ring (bicyclic) bond motifs is 2. The molecule has 3 nitrogen and oxygen atoms in total. The SMILES string of the molecule is CCN(CC)CCC(CC1CC2CCC1C2)NN. The Hall–Kier alpha value is -0.120. The Morgan fingerprint density at radius 1 is 1.22 bits per heavy atom. The summed E-state index contributed by atoms with van der Waals surface area (Å²) in [5, 5.41) is 0. The highest BCUT2D eigenvalue weighted by molar-refractivity contribution is 4.91. The summed E-state index contributed by atoms with van der Waals surface area (Å²) in [5.74, 6) is 8.79. The van der Waals surface area contributed by atoms with Crippen LogP contribution in [0.3, 0.4) is 0 Å². The Kier molecular flexibility index (Phi) is 5.46. The molecule has 0 spiro atoms. The van der Waals surface area contributed by atoms with Gasteiger partial charge in [-0.15, -0.1) is 0 Å². The van der Waals surface area contributed by atoms with Gasteiger partial charge in [0.05, 0.1) is 0 Å². The second-order valence-electron chi connectivity index (χ2n) is 6.35. The minimum absolute atomic E-state index is 0.523. The van der Waals surface area contributed by atoms with Crippen LogP contribution in [0.15, 0.2) is 0 Å². The molecule has 0 heterocycles. The van der Waals surface area contributed by atoms with Crippen molar-refractivity contribution in [3.8, 4) is 0 Å². The van der Waals surface area contributed by atoms with Crippen LogP contribution in [0.5, 0.6) is 0 Å². The van der Waals surface area contributed by atoms with Gasteiger partial charge in [-0.05, 0) is 69.5 Å². The molecular weight excluding hydrogens is 222 g/mol. The van der Waals surface area contributed by atoms with Crippen molar-refractivity contribution < 1.29 is 0 Å². The van der Waals surface area contributed by atoms with Crippen molar-refractivity contribution in [1.82, 2.24) is 10.3 Å². The van der Waals surface area contributed by atoms with E-state index in [-0.39, 0.29) is 0 Å². The summed E-state index contributed by atoms with van der Waals surface area (Å²) < 4.78 is 0. The highest BCUT2D eigenvalue weighted by Gasteiger charge is 2.39. The first-order valence-corrected chi connectivity index (χ1v) is 7.95. The molecule has 0 aromatic heterocycles. The van der Waals surface area contributed by atoms with Gasteiger partial charge in [0.1, 0.15) is 0 Å². The molecule has 2 aliphatic rings. The number of nitrogens with one attached hydrogen (secondary N) is 1. The maximum absolute atomic E-state index is 5.75. The predicted octanol–water partition coefficient (Wildman–Crippen LogP) is 2.38. The zero-order valence-corrected chi connectivity index (χ0v) is 12.2. The highest BCUT2D eigenvalue weighted by Crippen LogP contribution is 2.49. The van der Waals surface area contributed by atoms with Gasteiger partial charge in [-0.3, -0.25) is 11.3 Å². The fraction of sp³-hybridized carbons (Fsp3) is 1.00. The summed E-state index contributed by atoms with van der Waals surface area (Å²) in [4.78, 5) is 2.49. The first-order chi connectivity index (χ1) is 8.76. The molecule has 106 valence electrons. The van der Waals surface area contributed by atoms with Gasteiger partial charge in [-0.25, -0.2) is 0 Å². The van der Waals surface area contributed by atoms with E-state index in [0.29, 0.717) is 6.04 Å². The van der Waals surface area contributed by atoms with Crippen LogP contribution in [0, 0.1) is 17.8 Å². The summed E-state index contributed by atoms with van der Waals surface area (Å²) in [6, 6.07) is 0.523. The number of hydrazine groups is 1. The van der Waals surface area contributed by atoms with E-state index in [0.717, 1.165) is 30.8 Å². The molecule has 0 aromatic carbocycles. The van der Waals surface area contributed by atoms with Crippen LogP contribution >= 0.6 is 0 Å². The molecule has 0 saturated heterocycles. The van der Waals surface area contributed by atoms with E-state index < -0.39 is 0 Å². The smallest absolute Gasteiger partial charge is 0.0225 e. The van der Waals surface area contributed by atoms with Crippen LogP contribution < -0.4 is 11.3 Å². The first-order valence-electron chi connectivity index (χ1n) is 7.95. The Bertz CT molecular complexity index is 240. The Morgan fingerprint density at radius 3 is 2.50 bits per heavy atom. The number of rotatable bonds is 8. The molecule has 4 unspecified atom stereocenters. The Balaban J connectivity index is 1.72. The van der Waals surface area contributed by atoms with E-state index in [1.165, 1.54) is 45.1 Å². The van der Waals surface area contributed by atoms with E-state index >= 15 is 0 Å². The normalized spacial score (nSPS) is 32.3. The fourth-order valence-electron chi connectivity index (χ4n) is 4.18. The van der Waals surface area contributed by atoms with Crippen LogP contribution in [0.1, 0.15) is 52.4 Å². The second-order valence-corrected chi connectivity index (χ2v) is 6.35. The minimum Gasteiger partial charge on any atom is -0.304 e. The Morgan fingerprint density at radius 2 is 2.00 bits per heavy atom. The summed E-state index contributed by atoms with van der Waals surface area (Å²) in [6.07, 6.45) is 8.49. The van der Waals surface area contributed by atoms with Crippen LogP contribution in [-0.2, 0) is 0 Å². The molecule has 2 saturated carbocycles. The van der Waals surface area contributed by atoms with E-state index in [1.807, 2.05) is 0 Å². The fourth-order valence-corrected chi connectivity index (χ4v) is 4.18. The van der Waals surface area contributed by atoms with Crippen molar-refractivity contribution >= 4 is 0 Å². The predicted molar refractivity (Wildman–Crippen MR) is 77.1 cm³/mol. The van der Waals surface area contributed by atoms with Crippen molar-refractivity contribution in [3.05, 3.63) is 0 Å². The molecule has 18 heavy (non-hydrogen) atoms. The van der Waals surface area contributed by atoms with Crippen LogP contribution in [0.2, 0.25) is 0 Å². The van der Waals surface area contributed by atoms with Crippen molar-refractivity contribution in [2.45, 2.75) is 58.4 Å². The second kappa shape index (κ2) is 6.88. The summed E-state index contributed by atoms with van der Waals surface area (Å²) in [5.41, 5.74) is 3.07. The van der Waals surface area contributed by atoms with Crippen molar-refractivity contribution in [2.75, 3.05) is 19.6 Å². The molecule has 3 heteroatoms. The molecule has 4 atom stereocenters. The molecule has 0 radical (unpaired) electrons. The molecule has 2 rings (SSSR count). The third-order valence-electron chi connectivity index (χ3n) is 5.40. The van der Waals surface area contributed by atoms with Crippen molar-refractivity contribution in [2.24, 2.45) is 23.6 Å². The number of hydrogen-bond acceptors (Lipinski definition) is 3. The summed E-state index contributed by atoms with van der Waals surface area (Å²) in [7, 11) is 0. The number of hydrogen-bond donors (Lipinski definition) is 2. The van der Waals surface area contributed by atoms with E-state index in [2.05, 4.69) is 24.2 Å². The first kappa shape index (κ1) is 14.3. The maximum Gasteiger partial charge on any atom is 0.0225 e. The summed E-state index contributed by atoms with van der Waals surface area (Å²) in [6.45, 7) is 7.97. The van der Waals surface area contributed by atoms with E-state index in [1.54, 1.807) is 0 Å². The zero-order chi connectivity index (χ0) is 13.0. The van der Waals surface area contributed by atoms with Crippen molar-refractivity contribution in [3.63, 3.8) is 0 Å². The standard InChI is InChI=1S/C15H31N3/c1-3-18(4-2)8-7-15(17-16)11-14-10-12-5-6-13(14)9-12/h12-15,17H,3-11,16H2,1-2H3. The molecule has 2 bridgehead atoms. The van der Waals surface area contributed by atoms with Gasteiger partial charge < -0.3 is 4.90 Å². The van der Waals surface area contributed by atoms with Gasteiger partial charge in [-0.2, -0.15) is 0 Å². The molecule has 0 aromatic rings. The van der Waals surface area contributed by atoms with Gasteiger partial charge >= 0.3 is 0 Å². The summed E-state index contributed by atoms with van der Waals surface area (Å²) >= 11 is 0. The zero-order valence-electron chi connectivity index (χ0n) is 12.2. The van der Waals surface area contributed by atoms with Gasteiger partial charge in [0.2, 0.25) is 0 Å². The van der Waals surface area contributed by atoms with E-state index in [4.69, 9.17) is 5.84 Å². The van der Waals surface area contributed by atoms with Gasteiger partial charge in [0.15, 0.2) is 0 Å². The molecule has 2 aliphatic carbocycles. The minimum atomic E-state index is 0.523. The lowest BCUT2D eigenvalue weighted by atomic mass is 9.83. The van der Waals surface area contributed by atoms with Crippen LogP contribution in [0.25, 0.3) is 0 Å².